The van der Waals surface area contributed by atoms with Gasteiger partial charge in [0.25, 0.3) is 0 Å². The maximum absolute atomic E-state index is 11.4. The molecule has 2 amide bonds. The second-order valence-electron chi connectivity index (χ2n) is 4.32. The zero-order valence-corrected chi connectivity index (χ0v) is 12.2. The number of nitrogens with one attached hydrogen (secondary N) is 2. The van der Waals surface area contributed by atoms with Gasteiger partial charge in [0.1, 0.15) is 6.04 Å². The van der Waals surface area contributed by atoms with E-state index in [9.17, 15) is 18.6 Å². The van der Waals surface area contributed by atoms with Crippen LogP contribution in [0, 0.1) is 0 Å². The van der Waals surface area contributed by atoms with Crippen molar-refractivity contribution in [3.63, 3.8) is 0 Å². The van der Waals surface area contributed by atoms with Gasteiger partial charge in [-0.25, -0.2) is 9.59 Å². The summed E-state index contributed by atoms with van der Waals surface area (Å²) in [4.78, 5) is 32.7. The van der Waals surface area contributed by atoms with Crippen LogP contribution in [0.25, 0.3) is 0 Å². The predicted octanol–water partition coefficient (Wildman–Crippen LogP) is -0.239. The van der Waals surface area contributed by atoms with E-state index in [1.54, 1.807) is 13.2 Å². The molecule has 4 N–H and O–H groups in total. The second kappa shape index (κ2) is 9.29. The lowest BCUT2D eigenvalue weighted by molar-refractivity contribution is -0.140. The summed E-state index contributed by atoms with van der Waals surface area (Å²) in [5.74, 6) is -2.41. The summed E-state index contributed by atoms with van der Waals surface area (Å²) >= 11 is 0. The van der Waals surface area contributed by atoms with E-state index >= 15 is 0 Å². The van der Waals surface area contributed by atoms with Crippen molar-refractivity contribution in [1.82, 2.24) is 10.6 Å². The Morgan fingerprint density at radius 2 is 1.80 bits per heavy atom. The van der Waals surface area contributed by atoms with Crippen molar-refractivity contribution in [3.8, 4) is 0 Å². The van der Waals surface area contributed by atoms with Crippen LogP contribution in [-0.2, 0) is 20.4 Å². The fourth-order valence-corrected chi connectivity index (χ4v) is 1.74. The van der Waals surface area contributed by atoms with Gasteiger partial charge in [0.2, 0.25) is 0 Å². The molecule has 0 bridgehead atoms. The topological polar surface area (TPSA) is 133 Å². The standard InChI is InChI=1S/C11H20N2O6S/c1-7(20(2)19)5-6-12-11(18)13-8(10(16)17)3-4-9(14)15/h7-8H,3-6H2,1-2H3,(H,14,15)(H,16,17)(H2,12,13,18)/t7?,8-,20?/m0/s1. The molecule has 0 spiro atoms. The van der Waals surface area contributed by atoms with Crippen molar-refractivity contribution in [2.45, 2.75) is 37.5 Å². The first-order valence-electron chi connectivity index (χ1n) is 6.05. The molecule has 3 atom stereocenters. The third-order valence-electron chi connectivity index (χ3n) is 2.65. The van der Waals surface area contributed by atoms with E-state index < -0.39 is 34.8 Å². The van der Waals surface area contributed by atoms with Crippen LogP contribution < -0.4 is 10.6 Å². The zero-order chi connectivity index (χ0) is 15.7. The maximum Gasteiger partial charge on any atom is 0.326 e. The summed E-state index contributed by atoms with van der Waals surface area (Å²) in [5, 5.41) is 21.9. The number of carbonyl (C=O) groups excluding carboxylic acids is 1. The first-order chi connectivity index (χ1) is 9.23. The summed E-state index contributed by atoms with van der Waals surface area (Å²) in [7, 11) is -0.982. The first-order valence-corrected chi connectivity index (χ1v) is 7.67. The molecule has 0 aliphatic carbocycles. The van der Waals surface area contributed by atoms with Crippen molar-refractivity contribution < 1.29 is 28.8 Å². The molecule has 20 heavy (non-hydrogen) atoms. The van der Waals surface area contributed by atoms with Crippen LogP contribution in [0.3, 0.4) is 0 Å². The number of rotatable bonds is 9. The average Bonchev–Trinajstić information content (AvgIpc) is 2.33. The van der Waals surface area contributed by atoms with Gasteiger partial charge >= 0.3 is 18.0 Å². The minimum absolute atomic E-state index is 0.0717. The van der Waals surface area contributed by atoms with Gasteiger partial charge in [-0.3, -0.25) is 9.00 Å². The molecule has 0 aliphatic heterocycles. The number of hydrogen-bond donors (Lipinski definition) is 4. The molecule has 2 unspecified atom stereocenters. The van der Waals surface area contributed by atoms with Crippen LogP contribution in [-0.4, -0.2) is 56.5 Å². The lowest BCUT2D eigenvalue weighted by Crippen LogP contribution is -2.46. The van der Waals surface area contributed by atoms with Crippen LogP contribution in [0.1, 0.15) is 26.2 Å². The molecule has 9 heteroatoms. The van der Waals surface area contributed by atoms with Crippen LogP contribution >= 0.6 is 0 Å². The number of carbonyl (C=O) groups is 3. The summed E-state index contributed by atoms with van der Waals surface area (Å²) in [6.45, 7) is 2.04. The van der Waals surface area contributed by atoms with Crippen molar-refractivity contribution >= 4 is 28.8 Å². The first kappa shape index (κ1) is 18.4. The zero-order valence-electron chi connectivity index (χ0n) is 11.4. The van der Waals surface area contributed by atoms with Crippen molar-refractivity contribution in [2.24, 2.45) is 0 Å². The van der Waals surface area contributed by atoms with E-state index in [0.717, 1.165) is 0 Å². The number of carboxylic acids is 2. The highest BCUT2D eigenvalue weighted by Gasteiger charge is 2.20. The van der Waals surface area contributed by atoms with Gasteiger partial charge in [0, 0.05) is 35.3 Å². The van der Waals surface area contributed by atoms with E-state index in [4.69, 9.17) is 10.2 Å². The van der Waals surface area contributed by atoms with Crippen molar-refractivity contribution in [3.05, 3.63) is 0 Å². The highest BCUT2D eigenvalue weighted by Crippen LogP contribution is 1.99. The summed E-state index contributed by atoms with van der Waals surface area (Å²) in [6.07, 6.45) is 1.54. The Kier molecular flexibility index (Phi) is 8.53. The molecule has 116 valence electrons. The molecule has 0 aromatic carbocycles. The Hall–Kier alpha value is -1.64. The molecule has 0 aromatic heterocycles. The van der Waals surface area contributed by atoms with E-state index in [1.165, 1.54) is 0 Å². The highest BCUT2D eigenvalue weighted by atomic mass is 32.2. The molecule has 0 radical (unpaired) electrons. The fourth-order valence-electron chi connectivity index (χ4n) is 1.29. The normalized spacial score (nSPS) is 14.9. The molecule has 0 aromatic rings. The average molecular weight is 308 g/mol. The van der Waals surface area contributed by atoms with Crippen molar-refractivity contribution in [1.29, 1.82) is 0 Å². The van der Waals surface area contributed by atoms with Gasteiger partial charge < -0.3 is 20.8 Å². The van der Waals surface area contributed by atoms with E-state index in [2.05, 4.69) is 10.6 Å². The number of urea groups is 1. The van der Waals surface area contributed by atoms with Gasteiger partial charge in [-0.2, -0.15) is 0 Å². The third-order valence-corrected chi connectivity index (χ3v) is 4.02. The maximum atomic E-state index is 11.4. The Balaban J connectivity index is 4.10. The molecule has 0 rings (SSSR count). The number of carboxylic acid groups (broad SMARTS) is 2. The predicted molar refractivity (Wildman–Crippen MR) is 73.0 cm³/mol. The molecule has 0 fully saturated rings. The van der Waals surface area contributed by atoms with E-state index in [-0.39, 0.29) is 24.6 Å². The summed E-state index contributed by atoms with van der Waals surface area (Å²) < 4.78 is 11.1. The third kappa shape index (κ3) is 8.46. The minimum Gasteiger partial charge on any atom is -0.481 e. The summed E-state index contributed by atoms with van der Waals surface area (Å²) in [5.41, 5.74) is 0. The quantitative estimate of drug-likeness (QED) is 0.464. The second-order valence-corrected chi connectivity index (χ2v) is 6.12. The van der Waals surface area contributed by atoms with E-state index in [0.29, 0.717) is 6.42 Å². The Bertz CT molecular complexity index is 387. The van der Waals surface area contributed by atoms with Gasteiger partial charge in [-0.15, -0.1) is 0 Å². The van der Waals surface area contributed by atoms with Crippen molar-refractivity contribution in [2.75, 3.05) is 12.8 Å². The van der Waals surface area contributed by atoms with Gasteiger partial charge in [-0.1, -0.05) is 6.92 Å². The molecular weight excluding hydrogens is 288 g/mol. The van der Waals surface area contributed by atoms with Crippen LogP contribution in [0.15, 0.2) is 0 Å². The minimum atomic E-state index is -1.29. The molecule has 0 aliphatic rings. The molecule has 0 saturated carbocycles. The number of amides is 2. The molecule has 0 saturated heterocycles. The monoisotopic (exact) mass is 308 g/mol. The largest absolute Gasteiger partial charge is 0.481 e. The summed E-state index contributed by atoms with van der Waals surface area (Å²) in [6, 6.07) is -1.93. The lowest BCUT2D eigenvalue weighted by atomic mass is 10.1. The number of hydrogen-bond acceptors (Lipinski definition) is 4. The molecule has 8 nitrogen and oxygen atoms in total. The van der Waals surface area contributed by atoms with Crippen LogP contribution in [0.5, 0.6) is 0 Å². The van der Waals surface area contributed by atoms with Gasteiger partial charge in [0.15, 0.2) is 0 Å². The fraction of sp³-hybridized carbons (Fsp3) is 0.727. The smallest absolute Gasteiger partial charge is 0.326 e. The highest BCUT2D eigenvalue weighted by molar-refractivity contribution is 7.84. The Morgan fingerprint density at radius 1 is 1.20 bits per heavy atom. The molecular formula is C11H20N2O6S. The van der Waals surface area contributed by atoms with E-state index in [1.807, 2.05) is 0 Å². The number of aliphatic carboxylic acids is 2. The van der Waals surface area contributed by atoms with Crippen LogP contribution in [0.2, 0.25) is 0 Å². The van der Waals surface area contributed by atoms with Crippen LogP contribution in [0.4, 0.5) is 4.79 Å². The van der Waals surface area contributed by atoms with Gasteiger partial charge in [0.05, 0.1) is 0 Å². The lowest BCUT2D eigenvalue weighted by Gasteiger charge is -2.15. The Morgan fingerprint density at radius 3 is 2.25 bits per heavy atom. The SMILES string of the molecule is CC(CCNC(=O)N[C@@H](CCC(=O)O)C(=O)O)S(C)=O. The Labute approximate surface area is 119 Å². The van der Waals surface area contributed by atoms with Gasteiger partial charge in [-0.05, 0) is 12.8 Å². The molecule has 0 heterocycles.